The topological polar surface area (TPSA) is 0 Å². The quantitative estimate of drug-likeness (QED) is 0.538. The van der Waals surface area contributed by atoms with Crippen LogP contribution in [0, 0.1) is 0 Å². The van der Waals surface area contributed by atoms with Crippen molar-refractivity contribution in [3.05, 3.63) is 35.9 Å². The zero-order chi connectivity index (χ0) is 8.32. The number of halogens is 1. The lowest BCUT2D eigenvalue weighted by atomic mass is 10.2. The van der Waals surface area contributed by atoms with Gasteiger partial charge in [0.25, 0.3) is 0 Å². The molecule has 0 heterocycles. The molecule has 0 radical (unpaired) electrons. The molecule has 0 aliphatic rings. The minimum atomic E-state index is -1.09. The van der Waals surface area contributed by atoms with Crippen LogP contribution in [0.3, 0.4) is 0 Å². The molecule has 60 valence electrons. The number of rotatable bonds is 2. The van der Waals surface area contributed by atoms with E-state index in [-0.39, 0.29) is 0 Å². The fourth-order valence-corrected chi connectivity index (χ4v) is 3.26. The average Bonchev–Trinajstić information content (AvgIpc) is 1.85. The van der Waals surface area contributed by atoms with Gasteiger partial charge in [0.1, 0.15) is 6.69 Å². The molecular formula is C9H13BrSi. The molecule has 0 aromatic heterocycles. The Balaban J connectivity index is 2.66. The Hall–Kier alpha value is -0.0831. The highest BCUT2D eigenvalue weighted by atomic mass is 79.9. The molecule has 0 nitrogen and oxygen atoms in total. The molecule has 0 unspecified atom stereocenters. The van der Waals surface area contributed by atoms with Crippen LogP contribution in [0.25, 0.3) is 0 Å². The lowest BCUT2D eigenvalue weighted by molar-refractivity contribution is 1.35. The van der Waals surface area contributed by atoms with E-state index in [9.17, 15) is 0 Å². The molecule has 1 rings (SSSR count). The molecule has 0 saturated heterocycles. The second-order valence-corrected chi connectivity index (χ2v) is 13.6. The first-order chi connectivity index (χ1) is 5.08. The Bertz CT molecular complexity index is 213. The Morgan fingerprint density at radius 1 is 1.18 bits per heavy atom. The monoisotopic (exact) mass is 228 g/mol. The van der Waals surface area contributed by atoms with Gasteiger partial charge in [-0.05, 0) is 11.6 Å². The fraction of sp³-hybridized carbons (Fsp3) is 0.333. The van der Waals surface area contributed by atoms with E-state index in [1.807, 2.05) is 0 Å². The summed E-state index contributed by atoms with van der Waals surface area (Å²) >= 11 is 3.75. The van der Waals surface area contributed by atoms with Gasteiger partial charge < -0.3 is 0 Å². The Morgan fingerprint density at radius 2 is 1.73 bits per heavy atom. The summed E-state index contributed by atoms with van der Waals surface area (Å²) in [4.78, 5) is 0. The lowest BCUT2D eigenvalue weighted by Crippen LogP contribution is -2.19. The van der Waals surface area contributed by atoms with Crippen molar-refractivity contribution >= 4 is 22.0 Å². The Morgan fingerprint density at radius 3 is 2.18 bits per heavy atom. The second-order valence-electron chi connectivity index (χ2n) is 3.38. The lowest BCUT2D eigenvalue weighted by Gasteiger charge is -2.12. The van der Waals surface area contributed by atoms with E-state index >= 15 is 0 Å². The van der Waals surface area contributed by atoms with Crippen LogP contribution in [0.15, 0.2) is 30.3 Å². The standard InChI is InChI=1S/C9H13BrSi/c1-11(2,10)8-9-6-4-3-5-7-9/h3-7H,8H2,1-2H3. The molecule has 0 amide bonds. The normalized spacial score (nSPS) is 11.5. The molecule has 0 spiro atoms. The summed E-state index contributed by atoms with van der Waals surface area (Å²) in [5.41, 5.74) is 1.45. The van der Waals surface area contributed by atoms with Crippen molar-refractivity contribution in [3.63, 3.8) is 0 Å². The van der Waals surface area contributed by atoms with Gasteiger partial charge in [0.15, 0.2) is 0 Å². The third-order valence-corrected chi connectivity index (χ3v) is 3.56. The van der Waals surface area contributed by atoms with Gasteiger partial charge >= 0.3 is 0 Å². The van der Waals surface area contributed by atoms with Gasteiger partial charge in [-0.25, -0.2) is 0 Å². The molecule has 0 atom stereocenters. The van der Waals surface area contributed by atoms with E-state index in [2.05, 4.69) is 58.7 Å². The summed E-state index contributed by atoms with van der Waals surface area (Å²) < 4.78 is 0. The highest BCUT2D eigenvalue weighted by Gasteiger charge is 2.15. The predicted molar refractivity (Wildman–Crippen MR) is 56.6 cm³/mol. The third-order valence-electron chi connectivity index (χ3n) is 1.47. The van der Waals surface area contributed by atoms with Crippen LogP contribution in [0.4, 0.5) is 0 Å². The summed E-state index contributed by atoms with van der Waals surface area (Å²) in [5, 5.41) is 0. The number of hydrogen-bond acceptors (Lipinski definition) is 0. The molecule has 0 bridgehead atoms. The molecular weight excluding hydrogens is 216 g/mol. The molecule has 1 aromatic carbocycles. The van der Waals surface area contributed by atoms with Crippen LogP contribution in [-0.2, 0) is 6.04 Å². The van der Waals surface area contributed by atoms with Crippen molar-refractivity contribution in [2.45, 2.75) is 19.1 Å². The van der Waals surface area contributed by atoms with Crippen LogP contribution in [0.1, 0.15) is 5.56 Å². The summed E-state index contributed by atoms with van der Waals surface area (Å²) in [6.07, 6.45) is 0. The molecule has 0 aliphatic heterocycles. The van der Waals surface area contributed by atoms with Crippen molar-refractivity contribution < 1.29 is 0 Å². The predicted octanol–water partition coefficient (Wildman–Crippen LogP) is 3.37. The maximum absolute atomic E-state index is 3.75. The van der Waals surface area contributed by atoms with Crippen molar-refractivity contribution in [3.8, 4) is 0 Å². The van der Waals surface area contributed by atoms with Gasteiger partial charge in [0.2, 0.25) is 0 Å². The Labute approximate surface area is 77.2 Å². The van der Waals surface area contributed by atoms with E-state index < -0.39 is 6.69 Å². The van der Waals surface area contributed by atoms with Crippen molar-refractivity contribution in [2.24, 2.45) is 0 Å². The molecule has 11 heavy (non-hydrogen) atoms. The smallest absolute Gasteiger partial charge is 0.126 e. The van der Waals surface area contributed by atoms with Gasteiger partial charge in [-0.2, -0.15) is 0 Å². The third kappa shape index (κ3) is 3.73. The average molecular weight is 229 g/mol. The number of benzene rings is 1. The van der Waals surface area contributed by atoms with Crippen molar-refractivity contribution in [2.75, 3.05) is 0 Å². The summed E-state index contributed by atoms with van der Waals surface area (Å²) in [6, 6.07) is 11.9. The highest BCUT2D eigenvalue weighted by Crippen LogP contribution is 2.17. The zero-order valence-electron chi connectivity index (χ0n) is 6.97. The fourth-order valence-electron chi connectivity index (χ4n) is 1.08. The minimum Gasteiger partial charge on any atom is -0.126 e. The molecule has 0 saturated carbocycles. The maximum atomic E-state index is 3.75. The van der Waals surface area contributed by atoms with Gasteiger partial charge in [-0.3, -0.25) is 0 Å². The second kappa shape index (κ2) is 3.54. The van der Waals surface area contributed by atoms with E-state index in [0.29, 0.717) is 0 Å². The van der Waals surface area contributed by atoms with Crippen LogP contribution < -0.4 is 0 Å². The van der Waals surface area contributed by atoms with Crippen molar-refractivity contribution in [1.29, 1.82) is 0 Å². The van der Waals surface area contributed by atoms with Gasteiger partial charge in [0, 0.05) is 0 Å². The Kier molecular flexibility index (Phi) is 2.90. The van der Waals surface area contributed by atoms with Crippen LogP contribution in [0.5, 0.6) is 0 Å². The largest absolute Gasteiger partial charge is 0.128 e. The first-order valence-electron chi connectivity index (χ1n) is 3.81. The SMILES string of the molecule is C[Si](C)(Br)Cc1ccccc1. The zero-order valence-corrected chi connectivity index (χ0v) is 9.56. The molecule has 2 heteroatoms. The van der Waals surface area contributed by atoms with Gasteiger partial charge in [-0.15, -0.1) is 15.3 Å². The van der Waals surface area contributed by atoms with Crippen molar-refractivity contribution in [1.82, 2.24) is 0 Å². The van der Waals surface area contributed by atoms with E-state index in [1.54, 1.807) is 0 Å². The molecule has 0 N–H and O–H groups in total. The number of hydrogen-bond donors (Lipinski definition) is 0. The van der Waals surface area contributed by atoms with Crippen LogP contribution in [-0.4, -0.2) is 6.69 Å². The maximum Gasteiger partial charge on any atom is 0.128 e. The van der Waals surface area contributed by atoms with E-state index in [4.69, 9.17) is 0 Å². The van der Waals surface area contributed by atoms with E-state index in [1.165, 1.54) is 11.6 Å². The minimum absolute atomic E-state index is 1.09. The van der Waals surface area contributed by atoms with Gasteiger partial charge in [-0.1, -0.05) is 43.4 Å². The van der Waals surface area contributed by atoms with Gasteiger partial charge in [0.05, 0.1) is 0 Å². The highest BCUT2D eigenvalue weighted by molar-refractivity contribution is 9.26. The first kappa shape index (κ1) is 9.01. The summed E-state index contributed by atoms with van der Waals surface area (Å²) in [6.45, 7) is 3.55. The first-order valence-corrected chi connectivity index (χ1v) is 9.27. The molecule has 1 aromatic rings. The summed E-state index contributed by atoms with van der Waals surface area (Å²) in [7, 11) is 0. The molecule has 0 aliphatic carbocycles. The van der Waals surface area contributed by atoms with Crippen LogP contribution >= 0.6 is 15.3 Å². The molecule has 0 fully saturated rings. The van der Waals surface area contributed by atoms with E-state index in [0.717, 1.165) is 0 Å². The van der Waals surface area contributed by atoms with Crippen LogP contribution in [0.2, 0.25) is 13.1 Å². The summed E-state index contributed by atoms with van der Waals surface area (Å²) in [5.74, 6) is 0.